The van der Waals surface area contributed by atoms with E-state index in [4.69, 9.17) is 21.4 Å². The first-order valence-electron chi connectivity index (χ1n) is 4.95. The van der Waals surface area contributed by atoms with Crippen LogP contribution in [-0.4, -0.2) is 5.11 Å². The molecule has 2 rings (SSSR count). The van der Waals surface area contributed by atoms with E-state index in [9.17, 15) is 0 Å². The molecule has 0 spiro atoms. The molecule has 0 aliphatic heterocycles. The molecular formula is C12H10BrClO2S. The number of rotatable bonds is 4. The summed E-state index contributed by atoms with van der Waals surface area (Å²) in [5.74, 6) is 0.738. The van der Waals surface area contributed by atoms with Crippen LogP contribution in [0.2, 0.25) is 4.34 Å². The predicted molar refractivity (Wildman–Crippen MR) is 73.7 cm³/mol. The lowest BCUT2D eigenvalue weighted by Crippen LogP contribution is -1.94. The number of halogens is 2. The Morgan fingerprint density at radius 2 is 2.12 bits per heavy atom. The minimum Gasteiger partial charge on any atom is -0.488 e. The molecule has 0 radical (unpaired) electrons. The third-order valence-corrected chi connectivity index (χ3v) is 4.18. The van der Waals surface area contributed by atoms with Gasteiger partial charge in [-0.15, -0.1) is 11.3 Å². The van der Waals surface area contributed by atoms with Gasteiger partial charge in [0.1, 0.15) is 12.4 Å². The zero-order valence-corrected chi connectivity index (χ0v) is 12.0. The van der Waals surface area contributed by atoms with Gasteiger partial charge >= 0.3 is 0 Å². The second-order valence-electron chi connectivity index (χ2n) is 3.41. The van der Waals surface area contributed by atoms with E-state index in [1.54, 1.807) is 0 Å². The average molecular weight is 334 g/mol. The summed E-state index contributed by atoms with van der Waals surface area (Å²) >= 11 is 10.7. The summed E-state index contributed by atoms with van der Waals surface area (Å²) in [7, 11) is 0. The maximum absolute atomic E-state index is 9.13. The van der Waals surface area contributed by atoms with Crippen LogP contribution in [-0.2, 0) is 13.2 Å². The summed E-state index contributed by atoms with van der Waals surface area (Å²) in [6.45, 7) is 0.479. The fourth-order valence-corrected chi connectivity index (χ4v) is 2.72. The Morgan fingerprint density at radius 1 is 1.29 bits per heavy atom. The van der Waals surface area contributed by atoms with Crippen molar-refractivity contribution < 1.29 is 9.84 Å². The molecule has 2 nitrogen and oxygen atoms in total. The van der Waals surface area contributed by atoms with E-state index in [1.807, 2.05) is 30.3 Å². The first kappa shape index (κ1) is 12.9. The molecule has 1 N–H and O–H groups in total. The Bertz CT molecular complexity index is 513. The van der Waals surface area contributed by atoms with Gasteiger partial charge in [0.15, 0.2) is 0 Å². The maximum atomic E-state index is 9.13. The number of aliphatic hydroxyl groups excluding tert-OH is 1. The lowest BCUT2D eigenvalue weighted by Gasteiger charge is -2.07. The fourth-order valence-electron chi connectivity index (χ4n) is 1.35. The molecule has 0 fully saturated rings. The number of hydrogen-bond acceptors (Lipinski definition) is 3. The molecule has 0 amide bonds. The van der Waals surface area contributed by atoms with E-state index in [-0.39, 0.29) is 6.61 Å². The Morgan fingerprint density at radius 3 is 2.76 bits per heavy atom. The van der Waals surface area contributed by atoms with Crippen LogP contribution < -0.4 is 4.74 Å². The van der Waals surface area contributed by atoms with Crippen molar-refractivity contribution in [3.8, 4) is 5.75 Å². The number of thiophene rings is 1. The minimum atomic E-state index is -0.0113. The molecule has 90 valence electrons. The lowest BCUT2D eigenvalue weighted by atomic mass is 10.2. The Hall–Kier alpha value is -0.550. The molecule has 1 aromatic heterocycles. The zero-order chi connectivity index (χ0) is 12.3. The Balaban J connectivity index is 2.04. The van der Waals surface area contributed by atoms with Crippen LogP contribution >= 0.6 is 38.9 Å². The van der Waals surface area contributed by atoms with Crippen molar-refractivity contribution in [1.29, 1.82) is 0 Å². The van der Waals surface area contributed by atoms with Crippen LogP contribution in [0.15, 0.2) is 34.8 Å². The van der Waals surface area contributed by atoms with Crippen LogP contribution in [0.25, 0.3) is 0 Å². The minimum absolute atomic E-state index is 0.0113. The molecule has 0 saturated carbocycles. The molecule has 0 aliphatic carbocycles. The van der Waals surface area contributed by atoms with Crippen molar-refractivity contribution in [2.24, 2.45) is 0 Å². The van der Waals surface area contributed by atoms with Crippen molar-refractivity contribution in [3.63, 3.8) is 0 Å². The van der Waals surface area contributed by atoms with Gasteiger partial charge in [0.25, 0.3) is 0 Å². The van der Waals surface area contributed by atoms with Gasteiger partial charge in [-0.25, -0.2) is 0 Å². The van der Waals surface area contributed by atoms with Gasteiger partial charge in [-0.3, -0.25) is 0 Å². The van der Waals surface area contributed by atoms with Crippen molar-refractivity contribution in [1.82, 2.24) is 0 Å². The quantitative estimate of drug-likeness (QED) is 0.907. The Labute approximate surface area is 117 Å². The van der Waals surface area contributed by atoms with Gasteiger partial charge in [0, 0.05) is 9.35 Å². The SMILES string of the molecule is OCc1cc(OCc2ccc(Cl)s2)ccc1Br. The highest BCUT2D eigenvalue weighted by Gasteiger charge is 2.03. The highest BCUT2D eigenvalue weighted by molar-refractivity contribution is 9.10. The molecule has 0 unspecified atom stereocenters. The van der Waals surface area contributed by atoms with Crippen LogP contribution in [0, 0.1) is 0 Å². The smallest absolute Gasteiger partial charge is 0.122 e. The molecule has 0 saturated heterocycles. The van der Waals surface area contributed by atoms with Gasteiger partial charge in [0.05, 0.1) is 10.9 Å². The Kier molecular flexibility index (Phi) is 4.45. The second kappa shape index (κ2) is 5.87. The van der Waals surface area contributed by atoms with E-state index < -0.39 is 0 Å². The molecule has 17 heavy (non-hydrogen) atoms. The van der Waals surface area contributed by atoms with Crippen LogP contribution in [0.5, 0.6) is 5.75 Å². The number of ether oxygens (including phenoxy) is 1. The molecule has 0 atom stereocenters. The lowest BCUT2D eigenvalue weighted by molar-refractivity contribution is 0.277. The van der Waals surface area contributed by atoms with Gasteiger partial charge < -0.3 is 9.84 Å². The topological polar surface area (TPSA) is 29.5 Å². The number of aliphatic hydroxyl groups is 1. The van der Waals surface area contributed by atoms with Crippen molar-refractivity contribution >= 4 is 38.9 Å². The van der Waals surface area contributed by atoms with Gasteiger partial charge in [-0.05, 0) is 35.9 Å². The van der Waals surface area contributed by atoms with E-state index in [2.05, 4.69) is 15.9 Å². The van der Waals surface area contributed by atoms with Gasteiger partial charge in [0.2, 0.25) is 0 Å². The van der Waals surface area contributed by atoms with E-state index in [1.165, 1.54) is 11.3 Å². The molecular weight excluding hydrogens is 324 g/mol. The van der Waals surface area contributed by atoms with Crippen LogP contribution in [0.4, 0.5) is 0 Å². The molecule has 0 bridgehead atoms. The summed E-state index contributed by atoms with van der Waals surface area (Å²) in [6.07, 6.45) is 0. The average Bonchev–Trinajstić information content (AvgIpc) is 2.74. The highest BCUT2D eigenvalue weighted by Crippen LogP contribution is 2.25. The zero-order valence-electron chi connectivity index (χ0n) is 8.82. The van der Waals surface area contributed by atoms with Crippen molar-refractivity contribution in [3.05, 3.63) is 49.6 Å². The monoisotopic (exact) mass is 332 g/mol. The molecule has 1 aromatic carbocycles. The summed E-state index contributed by atoms with van der Waals surface area (Å²) in [5, 5.41) is 9.13. The standard InChI is InChI=1S/C12H10BrClO2S/c13-11-3-1-9(5-8(11)6-15)16-7-10-2-4-12(14)17-10/h1-5,15H,6-7H2. The van der Waals surface area contributed by atoms with Gasteiger partial charge in [-0.1, -0.05) is 27.5 Å². The van der Waals surface area contributed by atoms with Gasteiger partial charge in [-0.2, -0.15) is 0 Å². The number of hydrogen-bond donors (Lipinski definition) is 1. The van der Waals surface area contributed by atoms with Crippen LogP contribution in [0.1, 0.15) is 10.4 Å². The van der Waals surface area contributed by atoms with Crippen molar-refractivity contribution in [2.45, 2.75) is 13.2 Å². The molecule has 0 aliphatic rings. The van der Waals surface area contributed by atoms with E-state index in [0.717, 1.165) is 25.0 Å². The molecule has 1 heterocycles. The summed E-state index contributed by atoms with van der Waals surface area (Å²) in [6, 6.07) is 9.34. The molecule has 5 heteroatoms. The number of benzene rings is 1. The predicted octanol–water partition coefficient (Wildman–Crippen LogP) is 4.24. The third kappa shape index (κ3) is 3.45. The van der Waals surface area contributed by atoms with E-state index in [0.29, 0.717) is 6.61 Å². The summed E-state index contributed by atoms with van der Waals surface area (Å²) < 4.78 is 7.26. The largest absolute Gasteiger partial charge is 0.488 e. The normalized spacial score (nSPS) is 10.5. The summed E-state index contributed by atoms with van der Waals surface area (Å²) in [4.78, 5) is 1.07. The van der Waals surface area contributed by atoms with Crippen molar-refractivity contribution in [2.75, 3.05) is 0 Å². The second-order valence-corrected chi connectivity index (χ2v) is 6.06. The first-order chi connectivity index (χ1) is 8.19. The highest BCUT2D eigenvalue weighted by atomic mass is 79.9. The molecule has 2 aromatic rings. The first-order valence-corrected chi connectivity index (χ1v) is 6.94. The van der Waals surface area contributed by atoms with E-state index >= 15 is 0 Å². The van der Waals surface area contributed by atoms with Crippen LogP contribution in [0.3, 0.4) is 0 Å². The summed E-state index contributed by atoms with van der Waals surface area (Å²) in [5.41, 5.74) is 0.812. The maximum Gasteiger partial charge on any atom is 0.122 e. The fraction of sp³-hybridized carbons (Fsp3) is 0.167. The third-order valence-electron chi connectivity index (χ3n) is 2.20.